The van der Waals surface area contributed by atoms with Gasteiger partial charge in [0, 0.05) is 12.8 Å². The van der Waals surface area contributed by atoms with Crippen LogP contribution >= 0.6 is 0 Å². The molecule has 2 N–H and O–H groups in total. The van der Waals surface area contributed by atoms with Gasteiger partial charge < -0.3 is 38.6 Å². The molecule has 0 heterocycles. The molecular weight excluding hydrogens is 1100 g/mol. The van der Waals surface area contributed by atoms with Gasteiger partial charge in [0.15, 0.2) is 0 Å². The van der Waals surface area contributed by atoms with Gasteiger partial charge in [-0.25, -0.2) is 33.7 Å². The fourth-order valence-corrected chi connectivity index (χ4v) is 12.8. The summed E-state index contributed by atoms with van der Waals surface area (Å²) in [6.07, 6.45) is 8.79. The number of para-hydroxylation sites is 2. The zero-order valence-electron chi connectivity index (χ0n) is 42.3. The minimum atomic E-state index is -4.00. The molecule has 0 saturated carbocycles. The molecule has 8 aromatic carbocycles. The largest absolute Gasteiger partial charge is 0.508 e. The highest BCUT2D eigenvalue weighted by Gasteiger charge is 2.30. The van der Waals surface area contributed by atoms with E-state index in [0.717, 1.165) is 0 Å². The fraction of sp³-hybridized carbons (Fsp3) is 0.100. The summed E-state index contributed by atoms with van der Waals surface area (Å²) in [5.41, 5.74) is -2.64. The van der Waals surface area contributed by atoms with E-state index in [9.17, 15) is 43.9 Å². The van der Waals surface area contributed by atoms with E-state index in [2.05, 4.69) is 0 Å². The fourth-order valence-electron chi connectivity index (χ4n) is 7.46. The number of ether oxygens (including phenoxy) is 6. The van der Waals surface area contributed by atoms with Crippen molar-refractivity contribution >= 4 is 39.3 Å². The zero-order valence-corrected chi connectivity index (χ0v) is 45.6. The second-order valence-corrected chi connectivity index (χ2v) is 25.3. The quantitative estimate of drug-likeness (QED) is 0.0379. The first kappa shape index (κ1) is 57.4. The van der Waals surface area contributed by atoms with Gasteiger partial charge in [-0.3, -0.25) is 0 Å². The van der Waals surface area contributed by atoms with Crippen LogP contribution < -0.4 is 28.4 Å². The molecule has 0 fully saturated rings. The third-order valence-electron chi connectivity index (χ3n) is 11.7. The molecule has 0 bridgehead atoms. The minimum absolute atomic E-state index is 0.0193. The van der Waals surface area contributed by atoms with E-state index in [1.165, 1.54) is 170 Å². The standard InChI is InChI=1S/C60H52O16S4/c61-45-17-29-57(30-18-45)79(67,68)59(75-51-11-3-1-4-12-51)15-9-43-73-49-25-37-55(38-26-49)77(63,64)53-33-21-47(22-34-53)71-41-7-8-42-72-48-23-35-54(36-24-48)78(65,66)56-39-27-50(28-40-56)74-44-10-16-60(76-52-13-5-2-6-14-52)80(69,70)58-31-19-46(62)20-32-58/h1-14,17-40,43-44,59-62H,15-16,41-42H2. The maximum absolute atomic E-state index is 13.5. The van der Waals surface area contributed by atoms with E-state index in [4.69, 9.17) is 28.4 Å². The topological polar surface area (TPSA) is 232 Å². The van der Waals surface area contributed by atoms with Crippen molar-refractivity contribution in [3.05, 3.63) is 243 Å². The van der Waals surface area contributed by atoms with Crippen LogP contribution in [0.1, 0.15) is 12.8 Å². The van der Waals surface area contributed by atoms with Crippen LogP contribution in [-0.2, 0) is 39.3 Å². The Balaban J connectivity index is 0.765. The normalized spacial score (nSPS) is 12.9. The zero-order chi connectivity index (χ0) is 56.6. The Labute approximate surface area is 464 Å². The van der Waals surface area contributed by atoms with Gasteiger partial charge in [0.2, 0.25) is 50.2 Å². The van der Waals surface area contributed by atoms with Crippen LogP contribution in [-0.4, -0.2) is 68.0 Å². The smallest absolute Gasteiger partial charge is 0.216 e. The second kappa shape index (κ2) is 26.2. The van der Waals surface area contributed by atoms with E-state index >= 15 is 0 Å². The van der Waals surface area contributed by atoms with Gasteiger partial charge in [0.05, 0.1) is 41.9 Å². The van der Waals surface area contributed by atoms with Crippen LogP contribution in [0.2, 0.25) is 0 Å². The number of hydrogen-bond acceptors (Lipinski definition) is 16. The Morgan fingerprint density at radius 3 is 0.925 bits per heavy atom. The summed E-state index contributed by atoms with van der Waals surface area (Å²) >= 11 is 0. The molecule has 0 aromatic heterocycles. The molecule has 0 spiro atoms. The number of sulfone groups is 4. The lowest BCUT2D eigenvalue weighted by Crippen LogP contribution is -2.27. The molecule has 412 valence electrons. The molecular formula is C60H52O16S4. The molecule has 2 atom stereocenters. The third kappa shape index (κ3) is 15.0. The lowest BCUT2D eigenvalue weighted by atomic mass is 10.3. The highest BCUT2D eigenvalue weighted by atomic mass is 32.2. The van der Waals surface area contributed by atoms with E-state index in [0.29, 0.717) is 34.5 Å². The molecule has 20 heteroatoms. The van der Waals surface area contributed by atoms with Crippen molar-refractivity contribution < 1.29 is 72.3 Å². The van der Waals surface area contributed by atoms with E-state index in [-0.39, 0.29) is 66.9 Å². The first-order chi connectivity index (χ1) is 38.5. The average Bonchev–Trinajstić information content (AvgIpc) is 3.47. The Morgan fingerprint density at radius 2 is 0.613 bits per heavy atom. The first-order valence-corrected chi connectivity index (χ1v) is 30.5. The van der Waals surface area contributed by atoms with Crippen LogP contribution in [0.25, 0.3) is 0 Å². The van der Waals surface area contributed by atoms with Crippen LogP contribution in [0.3, 0.4) is 0 Å². The van der Waals surface area contributed by atoms with Gasteiger partial charge >= 0.3 is 0 Å². The molecule has 0 aliphatic rings. The Hall–Kier alpha value is -8.82. The maximum atomic E-state index is 13.5. The van der Waals surface area contributed by atoms with Gasteiger partial charge in [0.25, 0.3) is 0 Å². The predicted molar refractivity (Wildman–Crippen MR) is 298 cm³/mol. The second-order valence-electron chi connectivity index (χ2n) is 17.2. The minimum Gasteiger partial charge on any atom is -0.508 e. The molecule has 80 heavy (non-hydrogen) atoms. The van der Waals surface area contributed by atoms with Crippen molar-refractivity contribution in [1.82, 2.24) is 0 Å². The molecule has 8 rings (SSSR count). The van der Waals surface area contributed by atoms with Gasteiger partial charge in [-0.2, -0.15) is 0 Å². The van der Waals surface area contributed by atoms with Gasteiger partial charge in [-0.15, -0.1) is 0 Å². The number of rotatable bonds is 26. The highest BCUT2D eigenvalue weighted by Crippen LogP contribution is 2.30. The molecule has 2 unspecified atom stereocenters. The average molecular weight is 1160 g/mol. The first-order valence-electron chi connectivity index (χ1n) is 24.4. The molecule has 0 radical (unpaired) electrons. The molecule has 8 aromatic rings. The van der Waals surface area contributed by atoms with Crippen molar-refractivity contribution in [2.75, 3.05) is 13.2 Å². The Kier molecular flexibility index (Phi) is 18.8. The summed E-state index contributed by atoms with van der Waals surface area (Å²) < 4.78 is 142. The highest BCUT2D eigenvalue weighted by molar-refractivity contribution is 7.92. The monoisotopic (exact) mass is 1160 g/mol. The van der Waals surface area contributed by atoms with E-state index in [1.54, 1.807) is 72.8 Å². The van der Waals surface area contributed by atoms with Gasteiger partial charge in [-0.1, -0.05) is 36.4 Å². The van der Waals surface area contributed by atoms with Crippen molar-refractivity contribution in [3.8, 4) is 46.0 Å². The summed E-state index contributed by atoms with van der Waals surface area (Å²) in [4.78, 5) is 0.0540. The summed E-state index contributed by atoms with van der Waals surface area (Å²) in [6.45, 7) is 0.294. The van der Waals surface area contributed by atoms with Gasteiger partial charge in [-0.05, 0) is 194 Å². The number of hydrogen-bond donors (Lipinski definition) is 2. The summed E-state index contributed by atoms with van der Waals surface area (Å²) in [6, 6.07) is 50.6. The third-order valence-corrected chi connectivity index (χ3v) is 19.1. The molecule has 0 saturated heterocycles. The predicted octanol–water partition coefficient (Wildman–Crippen LogP) is 11.1. The molecule has 0 amide bonds. The maximum Gasteiger partial charge on any atom is 0.216 e. The van der Waals surface area contributed by atoms with E-state index < -0.39 is 50.2 Å². The number of benzene rings is 8. The Bertz CT molecular complexity index is 3600. The van der Waals surface area contributed by atoms with Crippen LogP contribution in [0.15, 0.2) is 272 Å². The number of phenolic OH excluding ortho intramolecular Hbond substituents is 2. The number of aromatic hydroxyl groups is 2. The van der Waals surface area contributed by atoms with Crippen molar-refractivity contribution in [2.24, 2.45) is 0 Å². The summed E-state index contributed by atoms with van der Waals surface area (Å²) in [5, 5.41) is 19.3. The summed E-state index contributed by atoms with van der Waals surface area (Å²) in [7, 11) is -15.8. The SMILES string of the molecule is O=S(=O)(c1ccc(OC=CCC(Oc2ccccc2)S(=O)(=O)c2ccc(O)cc2)cc1)c1ccc(OCC=CCOc2ccc(S(=O)(=O)c3ccc(OC=CCC(Oc4ccccc4)S(=O)(=O)c4ccc(O)cc4)cc3)cc2)cc1. The molecule has 0 aliphatic heterocycles. The van der Waals surface area contributed by atoms with Crippen LogP contribution in [0.5, 0.6) is 46.0 Å². The number of phenols is 2. The van der Waals surface area contributed by atoms with Crippen LogP contribution in [0, 0.1) is 0 Å². The van der Waals surface area contributed by atoms with Crippen molar-refractivity contribution in [1.29, 1.82) is 0 Å². The van der Waals surface area contributed by atoms with Crippen LogP contribution in [0.4, 0.5) is 0 Å². The molecule has 16 nitrogen and oxygen atoms in total. The van der Waals surface area contributed by atoms with Crippen molar-refractivity contribution in [2.45, 2.75) is 53.1 Å². The van der Waals surface area contributed by atoms with Gasteiger partial charge in [0.1, 0.15) is 59.2 Å². The van der Waals surface area contributed by atoms with E-state index in [1.807, 2.05) is 0 Å². The molecule has 0 aliphatic carbocycles. The lowest BCUT2D eigenvalue weighted by molar-refractivity contribution is 0.275. The Morgan fingerprint density at radius 1 is 0.325 bits per heavy atom. The van der Waals surface area contributed by atoms with Crippen molar-refractivity contribution in [3.63, 3.8) is 0 Å². The summed E-state index contributed by atoms with van der Waals surface area (Å²) in [5.74, 6) is 1.99. The lowest BCUT2D eigenvalue weighted by Gasteiger charge is -2.18.